The summed E-state index contributed by atoms with van der Waals surface area (Å²) in [6.07, 6.45) is 6.56. The fourth-order valence-electron chi connectivity index (χ4n) is 2.23. The third-order valence-electron chi connectivity index (χ3n) is 3.52. The van der Waals surface area contributed by atoms with Gasteiger partial charge in [0.25, 0.3) is 0 Å². The van der Waals surface area contributed by atoms with E-state index in [1.807, 2.05) is 0 Å². The van der Waals surface area contributed by atoms with Crippen LogP contribution >= 0.6 is 0 Å². The van der Waals surface area contributed by atoms with Crippen LogP contribution < -0.4 is 0 Å². The first kappa shape index (κ1) is 10.7. The van der Waals surface area contributed by atoms with E-state index in [1.165, 1.54) is 25.7 Å². The van der Waals surface area contributed by atoms with Crippen LogP contribution in [-0.2, 0) is 4.79 Å². The predicted octanol–water partition coefficient (Wildman–Crippen LogP) is 3.43. The first-order valence-electron chi connectivity index (χ1n) is 5.60. The summed E-state index contributed by atoms with van der Waals surface area (Å²) >= 11 is 0. The maximum Gasteiger partial charge on any atom is 0.132 e. The van der Waals surface area contributed by atoms with E-state index < -0.39 is 0 Å². The van der Waals surface area contributed by atoms with Crippen molar-refractivity contribution in [1.82, 2.24) is 0 Å². The molecule has 1 saturated carbocycles. The van der Waals surface area contributed by atoms with E-state index in [0.29, 0.717) is 11.7 Å². The molecule has 1 nitrogen and oxygen atoms in total. The van der Waals surface area contributed by atoms with Gasteiger partial charge in [-0.15, -0.1) is 0 Å². The van der Waals surface area contributed by atoms with Gasteiger partial charge in [0.05, 0.1) is 0 Å². The number of ketones is 1. The molecule has 0 saturated heterocycles. The zero-order valence-corrected chi connectivity index (χ0v) is 9.18. The average Bonchev–Trinajstić information content (AvgIpc) is 2.08. The van der Waals surface area contributed by atoms with E-state index in [1.54, 1.807) is 6.92 Å². The molecule has 0 aromatic heterocycles. The van der Waals surface area contributed by atoms with Crippen molar-refractivity contribution in [2.45, 2.75) is 52.9 Å². The minimum absolute atomic E-state index is 0.290. The molecule has 1 aliphatic carbocycles. The average molecular weight is 182 g/mol. The van der Waals surface area contributed by atoms with Crippen LogP contribution in [0, 0.1) is 17.8 Å². The smallest absolute Gasteiger partial charge is 0.132 e. The molecule has 1 aliphatic rings. The maximum absolute atomic E-state index is 11.1. The van der Waals surface area contributed by atoms with Crippen molar-refractivity contribution in [3.8, 4) is 0 Å². The molecule has 1 heteroatoms. The van der Waals surface area contributed by atoms with Crippen LogP contribution in [0.4, 0.5) is 0 Å². The molecule has 1 rings (SSSR count). The highest BCUT2D eigenvalue weighted by atomic mass is 16.1. The van der Waals surface area contributed by atoms with Gasteiger partial charge in [0.1, 0.15) is 5.78 Å². The molecule has 0 aliphatic heterocycles. The summed E-state index contributed by atoms with van der Waals surface area (Å²) in [4.78, 5) is 11.1. The number of rotatable bonds is 3. The quantitative estimate of drug-likeness (QED) is 0.653. The van der Waals surface area contributed by atoms with Gasteiger partial charge in [-0.1, -0.05) is 39.5 Å². The summed E-state index contributed by atoms with van der Waals surface area (Å²) in [5.41, 5.74) is 0. The van der Waals surface area contributed by atoms with Crippen LogP contribution in [0.15, 0.2) is 0 Å². The summed E-state index contributed by atoms with van der Waals surface area (Å²) in [6.45, 7) is 6.13. The lowest BCUT2D eigenvalue weighted by Gasteiger charge is -2.27. The van der Waals surface area contributed by atoms with E-state index in [0.717, 1.165) is 18.3 Å². The van der Waals surface area contributed by atoms with Gasteiger partial charge in [-0.25, -0.2) is 0 Å². The molecule has 0 heterocycles. The van der Waals surface area contributed by atoms with E-state index in [-0.39, 0.29) is 0 Å². The van der Waals surface area contributed by atoms with Crippen LogP contribution in [0.5, 0.6) is 0 Å². The molecule has 0 radical (unpaired) electrons. The molecule has 0 aromatic carbocycles. The van der Waals surface area contributed by atoms with Crippen LogP contribution in [0.2, 0.25) is 0 Å². The molecule has 1 atom stereocenters. The van der Waals surface area contributed by atoms with Gasteiger partial charge in [0, 0.05) is 5.92 Å². The Morgan fingerprint density at radius 1 is 1.31 bits per heavy atom. The zero-order chi connectivity index (χ0) is 9.84. The van der Waals surface area contributed by atoms with Crippen molar-refractivity contribution in [3.05, 3.63) is 0 Å². The largest absolute Gasteiger partial charge is 0.300 e. The van der Waals surface area contributed by atoms with Crippen molar-refractivity contribution >= 4 is 5.78 Å². The van der Waals surface area contributed by atoms with Gasteiger partial charge in [-0.3, -0.25) is 4.79 Å². The molecule has 13 heavy (non-hydrogen) atoms. The second-order valence-electron chi connectivity index (χ2n) is 4.87. The molecule has 0 amide bonds. The fraction of sp³-hybridized carbons (Fsp3) is 0.917. The molecule has 0 spiro atoms. The Labute approximate surface area is 81.9 Å². The number of carbonyl (C=O) groups excluding carboxylic acids is 1. The van der Waals surface area contributed by atoms with Crippen LogP contribution in [0.1, 0.15) is 52.9 Å². The number of hydrogen-bond acceptors (Lipinski definition) is 1. The summed E-state index contributed by atoms with van der Waals surface area (Å²) in [7, 11) is 0. The fourth-order valence-corrected chi connectivity index (χ4v) is 2.23. The van der Waals surface area contributed by atoms with Gasteiger partial charge in [0.15, 0.2) is 0 Å². The minimum Gasteiger partial charge on any atom is -0.300 e. The van der Waals surface area contributed by atoms with Gasteiger partial charge in [-0.2, -0.15) is 0 Å². The maximum atomic E-state index is 11.1. The van der Waals surface area contributed by atoms with Crippen molar-refractivity contribution in [2.24, 2.45) is 17.8 Å². The highest BCUT2D eigenvalue weighted by Crippen LogP contribution is 2.32. The SMILES string of the molecule is CC(=O)C(C)CC1CCC(C)CC1. The third kappa shape index (κ3) is 3.50. The van der Waals surface area contributed by atoms with Crippen molar-refractivity contribution in [1.29, 1.82) is 0 Å². The molecule has 0 bridgehead atoms. The Morgan fingerprint density at radius 2 is 1.85 bits per heavy atom. The van der Waals surface area contributed by atoms with Gasteiger partial charge in [-0.05, 0) is 25.2 Å². The normalized spacial score (nSPS) is 31.3. The Bertz CT molecular complexity index is 166. The highest BCUT2D eigenvalue weighted by Gasteiger charge is 2.21. The van der Waals surface area contributed by atoms with E-state index in [2.05, 4.69) is 13.8 Å². The lowest BCUT2D eigenvalue weighted by molar-refractivity contribution is -0.120. The second kappa shape index (κ2) is 4.78. The Balaban J connectivity index is 2.26. The van der Waals surface area contributed by atoms with E-state index >= 15 is 0 Å². The zero-order valence-electron chi connectivity index (χ0n) is 9.18. The molecular weight excluding hydrogens is 160 g/mol. The number of Topliss-reactive ketones (excluding diaryl/α,β-unsaturated/α-hetero) is 1. The number of carbonyl (C=O) groups is 1. The van der Waals surface area contributed by atoms with Crippen molar-refractivity contribution in [3.63, 3.8) is 0 Å². The topological polar surface area (TPSA) is 17.1 Å². The molecule has 1 fully saturated rings. The van der Waals surface area contributed by atoms with Crippen molar-refractivity contribution < 1.29 is 4.79 Å². The molecular formula is C12H22O. The Kier molecular flexibility index (Phi) is 3.95. The molecule has 0 N–H and O–H groups in total. The first-order valence-corrected chi connectivity index (χ1v) is 5.60. The summed E-state index contributed by atoms with van der Waals surface area (Å²) in [5, 5.41) is 0. The summed E-state index contributed by atoms with van der Waals surface area (Å²) in [5.74, 6) is 2.40. The Morgan fingerprint density at radius 3 is 2.31 bits per heavy atom. The number of hydrogen-bond donors (Lipinski definition) is 0. The highest BCUT2D eigenvalue weighted by molar-refractivity contribution is 5.77. The van der Waals surface area contributed by atoms with Gasteiger partial charge in [0.2, 0.25) is 0 Å². The van der Waals surface area contributed by atoms with E-state index in [9.17, 15) is 4.79 Å². The third-order valence-corrected chi connectivity index (χ3v) is 3.52. The van der Waals surface area contributed by atoms with Crippen molar-refractivity contribution in [2.75, 3.05) is 0 Å². The standard InChI is InChI=1S/C12H22O/c1-9-4-6-12(7-5-9)8-10(2)11(3)13/h9-10,12H,4-8H2,1-3H3. The first-order chi connectivity index (χ1) is 6.09. The van der Waals surface area contributed by atoms with Gasteiger partial charge < -0.3 is 0 Å². The molecule has 76 valence electrons. The van der Waals surface area contributed by atoms with E-state index in [4.69, 9.17) is 0 Å². The van der Waals surface area contributed by atoms with Crippen LogP contribution in [-0.4, -0.2) is 5.78 Å². The minimum atomic E-state index is 0.290. The van der Waals surface area contributed by atoms with Crippen LogP contribution in [0.25, 0.3) is 0 Å². The second-order valence-corrected chi connectivity index (χ2v) is 4.87. The van der Waals surface area contributed by atoms with Gasteiger partial charge >= 0.3 is 0 Å². The lowest BCUT2D eigenvalue weighted by atomic mass is 9.78. The van der Waals surface area contributed by atoms with Crippen LogP contribution in [0.3, 0.4) is 0 Å². The molecule has 1 unspecified atom stereocenters. The monoisotopic (exact) mass is 182 g/mol. The summed E-state index contributed by atoms with van der Waals surface area (Å²) in [6, 6.07) is 0. The Hall–Kier alpha value is -0.330. The predicted molar refractivity (Wildman–Crippen MR) is 55.6 cm³/mol. The lowest BCUT2D eigenvalue weighted by Crippen LogP contribution is -2.17. The molecule has 0 aromatic rings. The summed E-state index contributed by atoms with van der Waals surface area (Å²) < 4.78 is 0.